The molecule has 1 saturated heterocycles. The highest BCUT2D eigenvalue weighted by molar-refractivity contribution is 5.87. The van der Waals surface area contributed by atoms with Crippen LogP contribution in [0, 0.1) is 0 Å². The fourth-order valence-electron chi connectivity index (χ4n) is 4.36. The normalized spacial score (nSPS) is 16.2. The first-order chi connectivity index (χ1) is 16.0. The SMILES string of the molecule is CN1CCN(C(c2ccccc2)c2ccc(-c3nc4c(N)nc(N)nc4nc3N)cc2)CC1. The summed E-state index contributed by atoms with van der Waals surface area (Å²) in [6, 6.07) is 19.1. The Balaban J connectivity index is 1.52. The Kier molecular flexibility index (Phi) is 5.49. The van der Waals surface area contributed by atoms with Crippen molar-refractivity contribution < 1.29 is 0 Å². The van der Waals surface area contributed by atoms with Crippen molar-refractivity contribution >= 4 is 28.7 Å². The number of hydrogen-bond donors (Lipinski definition) is 3. The van der Waals surface area contributed by atoms with Crippen LogP contribution in [0.15, 0.2) is 54.6 Å². The average Bonchev–Trinajstić information content (AvgIpc) is 2.81. The molecule has 0 amide bonds. The molecule has 2 aromatic heterocycles. The van der Waals surface area contributed by atoms with Crippen molar-refractivity contribution in [3.05, 3.63) is 65.7 Å². The zero-order valence-electron chi connectivity index (χ0n) is 18.5. The number of fused-ring (bicyclic) bond motifs is 1. The number of nitrogen functional groups attached to an aromatic ring is 3. The van der Waals surface area contributed by atoms with E-state index in [1.165, 1.54) is 11.1 Å². The molecule has 0 spiro atoms. The molecular weight excluding hydrogens is 414 g/mol. The number of benzene rings is 2. The third-order valence-corrected chi connectivity index (χ3v) is 6.12. The summed E-state index contributed by atoms with van der Waals surface area (Å²) in [5, 5.41) is 0. The van der Waals surface area contributed by atoms with E-state index in [1.807, 2.05) is 12.1 Å². The van der Waals surface area contributed by atoms with Crippen molar-refractivity contribution in [1.29, 1.82) is 0 Å². The third kappa shape index (κ3) is 4.15. The van der Waals surface area contributed by atoms with Gasteiger partial charge in [-0.25, -0.2) is 9.97 Å². The van der Waals surface area contributed by atoms with E-state index in [0.29, 0.717) is 11.2 Å². The molecule has 33 heavy (non-hydrogen) atoms. The van der Waals surface area contributed by atoms with Gasteiger partial charge in [-0.05, 0) is 18.2 Å². The molecule has 168 valence electrons. The smallest absolute Gasteiger partial charge is 0.224 e. The Bertz CT molecular complexity index is 1270. The summed E-state index contributed by atoms with van der Waals surface area (Å²) in [6.45, 7) is 4.14. The van der Waals surface area contributed by atoms with Crippen LogP contribution in [0.4, 0.5) is 17.6 Å². The van der Waals surface area contributed by atoms with Crippen LogP contribution in [-0.4, -0.2) is 63.0 Å². The Morgan fingerprint density at radius 2 is 1.39 bits per heavy atom. The maximum Gasteiger partial charge on any atom is 0.224 e. The second kappa shape index (κ2) is 8.61. The van der Waals surface area contributed by atoms with E-state index in [-0.39, 0.29) is 29.3 Å². The standard InChI is InChI=1S/C24H27N9/c1-32-11-13-33(14-12-32)20(16-5-3-2-4-6-16)17-9-7-15(8-10-17)18-21(25)29-23-19(28-18)22(26)30-24(27)31-23/h2-10,20H,11-14H2,1H3,(H6,25,26,27,29,30,31). The number of nitrogens with two attached hydrogens (primary N) is 3. The Morgan fingerprint density at radius 3 is 2.09 bits per heavy atom. The molecule has 0 aliphatic carbocycles. The first-order valence-electron chi connectivity index (χ1n) is 10.9. The zero-order chi connectivity index (χ0) is 22.9. The molecule has 5 rings (SSSR count). The molecule has 2 aromatic carbocycles. The van der Waals surface area contributed by atoms with Crippen molar-refractivity contribution in [2.75, 3.05) is 50.4 Å². The molecule has 4 aromatic rings. The second-order valence-corrected chi connectivity index (χ2v) is 8.37. The van der Waals surface area contributed by atoms with E-state index in [4.69, 9.17) is 17.2 Å². The van der Waals surface area contributed by atoms with Crippen molar-refractivity contribution in [1.82, 2.24) is 29.7 Å². The topological polar surface area (TPSA) is 136 Å². The summed E-state index contributed by atoms with van der Waals surface area (Å²) in [5.41, 5.74) is 22.4. The van der Waals surface area contributed by atoms with Crippen molar-refractivity contribution in [2.24, 2.45) is 0 Å². The van der Waals surface area contributed by atoms with Gasteiger partial charge in [0.25, 0.3) is 0 Å². The second-order valence-electron chi connectivity index (χ2n) is 8.37. The predicted octanol–water partition coefficient (Wildman–Crippen LogP) is 2.17. The number of aromatic nitrogens is 4. The van der Waals surface area contributed by atoms with Crippen LogP contribution in [0.25, 0.3) is 22.4 Å². The molecule has 6 N–H and O–H groups in total. The molecular formula is C24H27N9. The highest BCUT2D eigenvalue weighted by Crippen LogP contribution is 2.32. The fraction of sp³-hybridized carbons (Fsp3) is 0.250. The Morgan fingerprint density at radius 1 is 0.727 bits per heavy atom. The molecule has 1 fully saturated rings. The highest BCUT2D eigenvalue weighted by atomic mass is 15.3. The molecule has 1 atom stereocenters. The van der Waals surface area contributed by atoms with E-state index in [9.17, 15) is 0 Å². The maximum atomic E-state index is 6.21. The van der Waals surface area contributed by atoms with Crippen LogP contribution in [0.3, 0.4) is 0 Å². The summed E-state index contributed by atoms with van der Waals surface area (Å²) in [4.78, 5) is 21.9. The lowest BCUT2D eigenvalue weighted by Crippen LogP contribution is -2.46. The van der Waals surface area contributed by atoms with Gasteiger partial charge >= 0.3 is 0 Å². The number of piperazine rings is 1. The lowest BCUT2D eigenvalue weighted by Gasteiger charge is -2.38. The third-order valence-electron chi connectivity index (χ3n) is 6.12. The summed E-state index contributed by atoms with van der Waals surface area (Å²) in [6.07, 6.45) is 0. The van der Waals surface area contributed by atoms with Crippen molar-refractivity contribution in [2.45, 2.75) is 6.04 Å². The van der Waals surface area contributed by atoms with E-state index >= 15 is 0 Å². The van der Waals surface area contributed by atoms with Crippen LogP contribution in [-0.2, 0) is 0 Å². The summed E-state index contributed by atoms with van der Waals surface area (Å²) in [7, 11) is 2.17. The number of nitrogens with zero attached hydrogens (tertiary/aromatic N) is 6. The minimum absolute atomic E-state index is 0.0432. The van der Waals surface area contributed by atoms with Crippen LogP contribution in [0.2, 0.25) is 0 Å². The summed E-state index contributed by atoms with van der Waals surface area (Å²) >= 11 is 0. The van der Waals surface area contributed by atoms with Crippen LogP contribution < -0.4 is 17.2 Å². The first-order valence-corrected chi connectivity index (χ1v) is 10.9. The van der Waals surface area contributed by atoms with Crippen molar-refractivity contribution in [3.8, 4) is 11.3 Å². The van der Waals surface area contributed by atoms with Gasteiger partial charge in [0.05, 0.1) is 6.04 Å². The minimum Gasteiger partial charge on any atom is -0.382 e. The lowest BCUT2D eigenvalue weighted by molar-refractivity contribution is 0.127. The molecule has 1 unspecified atom stereocenters. The molecule has 9 nitrogen and oxygen atoms in total. The van der Waals surface area contributed by atoms with E-state index in [1.54, 1.807) is 0 Å². The van der Waals surface area contributed by atoms with Gasteiger partial charge in [0.1, 0.15) is 5.69 Å². The maximum absolute atomic E-state index is 6.21. The van der Waals surface area contributed by atoms with E-state index < -0.39 is 0 Å². The summed E-state index contributed by atoms with van der Waals surface area (Å²) in [5.74, 6) is 0.496. The lowest BCUT2D eigenvalue weighted by atomic mass is 9.95. The van der Waals surface area contributed by atoms with Gasteiger partial charge in [-0.2, -0.15) is 9.97 Å². The van der Waals surface area contributed by atoms with Gasteiger partial charge in [-0.3, -0.25) is 4.90 Å². The Labute approximate surface area is 192 Å². The molecule has 0 bridgehead atoms. The zero-order valence-corrected chi connectivity index (χ0v) is 18.5. The van der Waals surface area contributed by atoms with Crippen LogP contribution in [0.1, 0.15) is 17.2 Å². The predicted molar refractivity (Wildman–Crippen MR) is 131 cm³/mol. The van der Waals surface area contributed by atoms with Gasteiger partial charge in [0.15, 0.2) is 22.8 Å². The molecule has 1 aliphatic heterocycles. The average molecular weight is 442 g/mol. The molecule has 0 radical (unpaired) electrons. The minimum atomic E-state index is 0.0432. The summed E-state index contributed by atoms with van der Waals surface area (Å²) < 4.78 is 0. The van der Waals surface area contributed by atoms with Gasteiger partial charge in [-0.15, -0.1) is 0 Å². The van der Waals surface area contributed by atoms with Gasteiger partial charge < -0.3 is 22.1 Å². The van der Waals surface area contributed by atoms with Crippen LogP contribution >= 0.6 is 0 Å². The molecule has 9 heteroatoms. The van der Waals surface area contributed by atoms with Crippen molar-refractivity contribution in [3.63, 3.8) is 0 Å². The molecule has 0 saturated carbocycles. The van der Waals surface area contributed by atoms with Crippen LogP contribution in [0.5, 0.6) is 0 Å². The number of likely N-dealkylation sites (N-methyl/N-ethyl adjacent to an activating group) is 1. The quantitative estimate of drug-likeness (QED) is 0.435. The van der Waals surface area contributed by atoms with Gasteiger partial charge in [0.2, 0.25) is 5.95 Å². The highest BCUT2D eigenvalue weighted by Gasteiger charge is 2.25. The monoisotopic (exact) mass is 441 g/mol. The Hall–Kier alpha value is -3.82. The van der Waals surface area contributed by atoms with E-state index in [0.717, 1.165) is 31.7 Å². The van der Waals surface area contributed by atoms with E-state index in [2.05, 4.69) is 79.2 Å². The largest absolute Gasteiger partial charge is 0.382 e. The molecule has 1 aliphatic rings. The molecule has 3 heterocycles. The van der Waals surface area contributed by atoms with Gasteiger partial charge in [0, 0.05) is 31.7 Å². The number of anilines is 3. The first kappa shape index (κ1) is 21.0. The van der Waals surface area contributed by atoms with Gasteiger partial charge in [-0.1, -0.05) is 54.6 Å². The number of rotatable bonds is 4. The fourth-order valence-corrected chi connectivity index (χ4v) is 4.36. The number of hydrogen-bond acceptors (Lipinski definition) is 9.